The lowest BCUT2D eigenvalue weighted by Crippen LogP contribution is -2.49. The summed E-state index contributed by atoms with van der Waals surface area (Å²) in [5, 5.41) is 2.79. The first-order valence-electron chi connectivity index (χ1n) is 9.02. The summed E-state index contributed by atoms with van der Waals surface area (Å²) in [4.78, 5) is 32.8. The van der Waals surface area contributed by atoms with Gasteiger partial charge in [0.05, 0.1) is 19.0 Å². The topological polar surface area (TPSA) is 74.8 Å². The van der Waals surface area contributed by atoms with E-state index in [1.807, 2.05) is 23.2 Å². The van der Waals surface area contributed by atoms with Crippen molar-refractivity contribution in [3.8, 4) is 5.75 Å². The van der Waals surface area contributed by atoms with Crippen LogP contribution in [0.3, 0.4) is 0 Å². The van der Waals surface area contributed by atoms with Crippen LogP contribution in [0, 0.1) is 0 Å². The van der Waals surface area contributed by atoms with E-state index in [-0.39, 0.29) is 11.8 Å². The van der Waals surface area contributed by atoms with Crippen molar-refractivity contribution in [3.05, 3.63) is 54.4 Å². The lowest BCUT2D eigenvalue weighted by atomic mass is 10.2. The van der Waals surface area contributed by atoms with Gasteiger partial charge in [-0.2, -0.15) is 0 Å². The lowest BCUT2D eigenvalue weighted by molar-refractivity contribution is -0.131. The third-order valence-corrected chi connectivity index (χ3v) is 4.60. The highest BCUT2D eigenvalue weighted by molar-refractivity contribution is 5.94. The van der Waals surface area contributed by atoms with Crippen LogP contribution in [0.25, 0.3) is 0 Å². The van der Waals surface area contributed by atoms with E-state index in [1.54, 1.807) is 37.6 Å². The molecule has 7 nitrogen and oxygen atoms in total. The van der Waals surface area contributed by atoms with E-state index in [0.717, 1.165) is 18.8 Å². The number of amides is 2. The molecule has 142 valence electrons. The first-order valence-corrected chi connectivity index (χ1v) is 9.02. The number of hydrogen-bond donors (Lipinski definition) is 1. The number of carbonyl (C=O) groups excluding carboxylic acids is 2. The molecule has 1 aromatic carbocycles. The Labute approximate surface area is 158 Å². The van der Waals surface area contributed by atoms with Crippen LogP contribution >= 0.6 is 0 Å². The highest BCUT2D eigenvalue weighted by Gasteiger charge is 2.21. The zero-order valence-corrected chi connectivity index (χ0v) is 15.4. The summed E-state index contributed by atoms with van der Waals surface area (Å²) in [5.74, 6) is 0.486. The van der Waals surface area contributed by atoms with E-state index in [0.29, 0.717) is 37.4 Å². The quantitative estimate of drug-likeness (QED) is 0.838. The SMILES string of the molecule is COc1cccc(C(=O)NCCC(=O)N2CCN(c3cccnc3)CC2)c1. The summed E-state index contributed by atoms with van der Waals surface area (Å²) in [6.45, 7) is 3.24. The largest absolute Gasteiger partial charge is 0.497 e. The molecular formula is C20H24N4O3. The van der Waals surface area contributed by atoms with E-state index in [9.17, 15) is 9.59 Å². The molecule has 27 heavy (non-hydrogen) atoms. The van der Waals surface area contributed by atoms with Crippen molar-refractivity contribution in [2.45, 2.75) is 6.42 Å². The normalized spacial score (nSPS) is 14.0. The molecule has 0 unspecified atom stereocenters. The summed E-state index contributed by atoms with van der Waals surface area (Å²) in [6, 6.07) is 10.9. The second-order valence-corrected chi connectivity index (χ2v) is 6.32. The molecule has 0 spiro atoms. The molecule has 0 saturated carbocycles. The minimum atomic E-state index is -0.205. The number of piperazine rings is 1. The predicted octanol–water partition coefficient (Wildman–Crippen LogP) is 1.56. The molecule has 0 radical (unpaired) electrons. The molecule has 1 aliphatic rings. The second-order valence-electron chi connectivity index (χ2n) is 6.32. The van der Waals surface area contributed by atoms with Gasteiger partial charge in [-0.1, -0.05) is 6.07 Å². The van der Waals surface area contributed by atoms with Gasteiger partial charge in [0.1, 0.15) is 5.75 Å². The number of rotatable bonds is 6. The molecule has 2 aromatic rings. The number of nitrogens with zero attached hydrogens (tertiary/aromatic N) is 3. The molecule has 3 rings (SSSR count). The van der Waals surface area contributed by atoms with E-state index >= 15 is 0 Å². The lowest BCUT2D eigenvalue weighted by Gasteiger charge is -2.36. The van der Waals surface area contributed by atoms with Crippen LogP contribution in [0.5, 0.6) is 5.75 Å². The molecule has 1 aliphatic heterocycles. The molecule has 2 amide bonds. The minimum absolute atomic E-state index is 0.0618. The number of aromatic nitrogens is 1. The molecule has 7 heteroatoms. The van der Waals surface area contributed by atoms with Gasteiger partial charge in [-0.25, -0.2) is 0 Å². The summed E-state index contributed by atoms with van der Waals surface area (Å²) in [6.07, 6.45) is 3.89. The van der Waals surface area contributed by atoms with Crippen molar-refractivity contribution in [2.24, 2.45) is 0 Å². The van der Waals surface area contributed by atoms with Crippen LogP contribution in [0.2, 0.25) is 0 Å². The van der Waals surface area contributed by atoms with Crippen LogP contribution in [-0.2, 0) is 4.79 Å². The van der Waals surface area contributed by atoms with Crippen molar-refractivity contribution < 1.29 is 14.3 Å². The van der Waals surface area contributed by atoms with Gasteiger partial charge in [0.15, 0.2) is 0 Å². The average Bonchev–Trinajstić information content (AvgIpc) is 2.74. The zero-order valence-electron chi connectivity index (χ0n) is 15.4. The molecule has 1 aromatic heterocycles. The Morgan fingerprint density at radius 1 is 1.15 bits per heavy atom. The number of pyridine rings is 1. The molecule has 2 heterocycles. The molecular weight excluding hydrogens is 344 g/mol. The third kappa shape index (κ3) is 4.97. The monoisotopic (exact) mass is 368 g/mol. The average molecular weight is 368 g/mol. The smallest absolute Gasteiger partial charge is 0.251 e. The fraction of sp³-hybridized carbons (Fsp3) is 0.350. The molecule has 1 fully saturated rings. The summed E-state index contributed by atoms with van der Waals surface area (Å²) >= 11 is 0. The number of benzene rings is 1. The Balaban J connectivity index is 1.41. The molecule has 0 atom stereocenters. The van der Waals surface area contributed by atoms with Gasteiger partial charge in [0.25, 0.3) is 5.91 Å². The van der Waals surface area contributed by atoms with Gasteiger partial charge in [0.2, 0.25) is 5.91 Å². The van der Waals surface area contributed by atoms with Gasteiger partial charge in [-0.3, -0.25) is 14.6 Å². The van der Waals surface area contributed by atoms with E-state index < -0.39 is 0 Å². The van der Waals surface area contributed by atoms with E-state index in [2.05, 4.69) is 15.2 Å². The second kappa shape index (κ2) is 9.02. The standard InChI is InChI=1S/C20H24N4O3/c1-27-18-6-2-4-16(14-18)20(26)22-9-7-19(25)24-12-10-23(11-13-24)17-5-3-8-21-15-17/h2-6,8,14-15H,7,9-13H2,1H3,(H,22,26). The summed E-state index contributed by atoms with van der Waals surface area (Å²) < 4.78 is 5.12. The maximum atomic E-state index is 12.4. The molecule has 1 N–H and O–H groups in total. The molecule has 1 saturated heterocycles. The molecule has 0 aliphatic carbocycles. The number of carbonyl (C=O) groups is 2. The number of hydrogen-bond acceptors (Lipinski definition) is 5. The van der Waals surface area contributed by atoms with Gasteiger partial charge in [0, 0.05) is 50.9 Å². The van der Waals surface area contributed by atoms with Gasteiger partial charge in [-0.05, 0) is 30.3 Å². The first kappa shape index (κ1) is 18.7. The maximum Gasteiger partial charge on any atom is 0.251 e. The van der Waals surface area contributed by atoms with Crippen LogP contribution in [0.1, 0.15) is 16.8 Å². The van der Waals surface area contributed by atoms with Crippen molar-refractivity contribution in [2.75, 3.05) is 44.7 Å². The Morgan fingerprint density at radius 2 is 1.96 bits per heavy atom. The van der Waals surface area contributed by atoms with Crippen molar-refractivity contribution in [1.82, 2.24) is 15.2 Å². The van der Waals surface area contributed by atoms with Gasteiger partial charge >= 0.3 is 0 Å². The predicted molar refractivity (Wildman–Crippen MR) is 103 cm³/mol. The Kier molecular flexibility index (Phi) is 6.25. The highest BCUT2D eigenvalue weighted by Crippen LogP contribution is 2.15. The maximum absolute atomic E-state index is 12.4. The summed E-state index contributed by atoms with van der Waals surface area (Å²) in [7, 11) is 1.56. The summed E-state index contributed by atoms with van der Waals surface area (Å²) in [5.41, 5.74) is 1.60. The van der Waals surface area contributed by atoms with Gasteiger partial charge < -0.3 is 19.9 Å². The van der Waals surface area contributed by atoms with Crippen LogP contribution < -0.4 is 15.0 Å². The zero-order chi connectivity index (χ0) is 19.1. The fourth-order valence-corrected chi connectivity index (χ4v) is 3.06. The number of ether oxygens (including phenoxy) is 1. The van der Waals surface area contributed by atoms with Crippen LogP contribution in [-0.4, -0.2) is 61.5 Å². The van der Waals surface area contributed by atoms with E-state index in [4.69, 9.17) is 4.74 Å². The first-order chi connectivity index (χ1) is 13.2. The van der Waals surface area contributed by atoms with Crippen LogP contribution in [0.15, 0.2) is 48.8 Å². The Morgan fingerprint density at radius 3 is 2.67 bits per heavy atom. The van der Waals surface area contributed by atoms with Crippen molar-refractivity contribution in [3.63, 3.8) is 0 Å². The Hall–Kier alpha value is -3.09. The number of anilines is 1. The Bertz CT molecular complexity index is 774. The minimum Gasteiger partial charge on any atom is -0.497 e. The number of methoxy groups -OCH3 is 1. The molecule has 0 bridgehead atoms. The van der Waals surface area contributed by atoms with Crippen molar-refractivity contribution in [1.29, 1.82) is 0 Å². The highest BCUT2D eigenvalue weighted by atomic mass is 16.5. The van der Waals surface area contributed by atoms with Crippen LogP contribution in [0.4, 0.5) is 5.69 Å². The van der Waals surface area contributed by atoms with Crippen molar-refractivity contribution >= 4 is 17.5 Å². The third-order valence-electron chi connectivity index (χ3n) is 4.60. The van der Waals surface area contributed by atoms with E-state index in [1.165, 1.54) is 0 Å². The number of nitrogens with one attached hydrogen (secondary N) is 1. The van der Waals surface area contributed by atoms with Gasteiger partial charge in [-0.15, -0.1) is 0 Å². The fourth-order valence-electron chi connectivity index (χ4n) is 3.06.